The molecule has 1 atom stereocenters. The summed E-state index contributed by atoms with van der Waals surface area (Å²) in [6.07, 6.45) is 0. The minimum atomic E-state index is -0.444. The summed E-state index contributed by atoms with van der Waals surface area (Å²) in [5, 5.41) is 7.31. The predicted molar refractivity (Wildman–Crippen MR) is 111 cm³/mol. The lowest BCUT2D eigenvalue weighted by Crippen LogP contribution is -2.14. The Morgan fingerprint density at radius 3 is 2.39 bits per heavy atom. The fourth-order valence-corrected chi connectivity index (χ4v) is 2.97. The molecule has 0 aliphatic heterocycles. The van der Waals surface area contributed by atoms with Gasteiger partial charge in [0, 0.05) is 5.56 Å². The van der Waals surface area contributed by atoms with Crippen molar-refractivity contribution in [2.75, 3.05) is 13.7 Å². The fraction of sp³-hybridized carbons (Fsp3) is 0.364. The zero-order valence-corrected chi connectivity index (χ0v) is 17.1. The molecule has 0 spiro atoms. The summed E-state index contributed by atoms with van der Waals surface area (Å²) >= 11 is 0. The van der Waals surface area contributed by atoms with E-state index in [0.29, 0.717) is 29.8 Å². The van der Waals surface area contributed by atoms with Crippen LogP contribution in [0.5, 0.6) is 11.5 Å². The Hall–Kier alpha value is -2.86. The summed E-state index contributed by atoms with van der Waals surface area (Å²) in [4.78, 5) is 4.60. The van der Waals surface area contributed by atoms with E-state index in [1.807, 2.05) is 37.3 Å². The summed E-state index contributed by atoms with van der Waals surface area (Å²) in [6, 6.07) is 13.5. The van der Waals surface area contributed by atoms with Crippen molar-refractivity contribution in [3.8, 4) is 22.9 Å². The number of nitrogens with zero attached hydrogens (tertiary/aromatic N) is 2. The third-order valence-corrected chi connectivity index (χ3v) is 4.65. The van der Waals surface area contributed by atoms with Crippen molar-refractivity contribution in [1.29, 1.82) is 0 Å². The van der Waals surface area contributed by atoms with Gasteiger partial charge >= 0.3 is 0 Å². The maximum Gasteiger partial charge on any atom is 0.181 e. The highest BCUT2D eigenvalue weighted by Gasteiger charge is 2.18. The molecular weight excluding hydrogens is 352 g/mol. The average molecular weight is 380 g/mol. The van der Waals surface area contributed by atoms with Gasteiger partial charge in [-0.25, -0.2) is 4.98 Å². The minimum absolute atomic E-state index is 0.109. The highest BCUT2D eigenvalue weighted by molar-refractivity contribution is 5.55. The van der Waals surface area contributed by atoms with E-state index in [1.54, 1.807) is 7.11 Å². The topological polar surface area (TPSA) is 86.0 Å². The quantitative estimate of drug-likeness (QED) is 0.668. The van der Waals surface area contributed by atoms with Crippen LogP contribution in [0.3, 0.4) is 0 Å². The van der Waals surface area contributed by atoms with E-state index in [1.165, 1.54) is 5.56 Å². The zero-order chi connectivity index (χ0) is 20.3. The van der Waals surface area contributed by atoms with E-state index in [0.717, 1.165) is 11.1 Å². The van der Waals surface area contributed by atoms with Gasteiger partial charge in [0.05, 0.1) is 19.8 Å². The molecular formula is C22H28N4O2. The van der Waals surface area contributed by atoms with Crippen molar-refractivity contribution in [2.24, 2.45) is 5.73 Å². The second-order valence-electron chi connectivity index (χ2n) is 7.69. The molecule has 0 amide bonds. The van der Waals surface area contributed by atoms with E-state index in [9.17, 15) is 0 Å². The molecule has 0 radical (unpaired) electrons. The van der Waals surface area contributed by atoms with E-state index >= 15 is 0 Å². The molecule has 0 bridgehead atoms. The summed E-state index contributed by atoms with van der Waals surface area (Å²) in [5.74, 6) is 2.57. The van der Waals surface area contributed by atoms with Gasteiger partial charge in [0.25, 0.3) is 0 Å². The first-order valence-corrected chi connectivity index (χ1v) is 9.43. The number of hydrogen-bond donors (Lipinski definition) is 2. The number of aromatic nitrogens is 3. The van der Waals surface area contributed by atoms with Crippen LogP contribution >= 0.6 is 0 Å². The molecule has 148 valence electrons. The van der Waals surface area contributed by atoms with Gasteiger partial charge < -0.3 is 15.2 Å². The number of rotatable bonds is 6. The number of aromatic amines is 1. The van der Waals surface area contributed by atoms with Crippen LogP contribution in [-0.4, -0.2) is 28.9 Å². The largest absolute Gasteiger partial charge is 0.493 e. The molecule has 3 rings (SSSR count). The lowest BCUT2D eigenvalue weighted by molar-refractivity contribution is 0.310. The molecule has 0 fully saturated rings. The van der Waals surface area contributed by atoms with E-state index in [2.05, 4.69) is 48.1 Å². The van der Waals surface area contributed by atoms with Crippen molar-refractivity contribution in [3.63, 3.8) is 0 Å². The van der Waals surface area contributed by atoms with Crippen molar-refractivity contribution in [1.82, 2.24) is 15.2 Å². The number of nitrogens with one attached hydrogen (secondary N) is 1. The number of nitrogens with two attached hydrogens (primary N) is 1. The molecule has 0 unspecified atom stereocenters. The predicted octanol–water partition coefficient (Wildman–Crippen LogP) is 4.22. The summed E-state index contributed by atoms with van der Waals surface area (Å²) in [6.45, 7) is 9.05. The number of methoxy groups -OCH3 is 1. The molecule has 1 heterocycles. The van der Waals surface area contributed by atoms with Crippen molar-refractivity contribution in [2.45, 2.75) is 39.2 Å². The van der Waals surface area contributed by atoms with Crippen LogP contribution in [0.15, 0.2) is 42.5 Å². The first-order valence-electron chi connectivity index (χ1n) is 9.43. The first-order chi connectivity index (χ1) is 13.3. The average Bonchev–Trinajstić information content (AvgIpc) is 3.17. The number of ether oxygens (including phenoxy) is 2. The maximum absolute atomic E-state index is 6.42. The summed E-state index contributed by atoms with van der Waals surface area (Å²) in [7, 11) is 1.62. The standard InChI is InChI=1S/C22H28N4O2/c1-6-28-18-13-15(9-12-17(18)27-5)19(23)21-24-20(25-26-21)14-7-10-16(11-8-14)22(2,3)4/h7-13,19H,6,23H2,1-5H3,(H,24,25,26)/t19-/m1/s1. The van der Waals surface area contributed by atoms with E-state index in [4.69, 9.17) is 15.2 Å². The second-order valence-corrected chi connectivity index (χ2v) is 7.69. The van der Waals surface area contributed by atoms with Gasteiger partial charge in [-0.15, -0.1) is 0 Å². The summed E-state index contributed by atoms with van der Waals surface area (Å²) in [5.41, 5.74) is 9.61. The van der Waals surface area contributed by atoms with Crippen LogP contribution in [0.2, 0.25) is 0 Å². The Labute approximate surface area is 166 Å². The van der Waals surface area contributed by atoms with Crippen LogP contribution in [-0.2, 0) is 5.41 Å². The molecule has 0 saturated carbocycles. The Morgan fingerprint density at radius 1 is 1.07 bits per heavy atom. The smallest absolute Gasteiger partial charge is 0.181 e. The van der Waals surface area contributed by atoms with E-state index < -0.39 is 6.04 Å². The van der Waals surface area contributed by atoms with Crippen molar-refractivity contribution < 1.29 is 9.47 Å². The molecule has 6 heteroatoms. The zero-order valence-electron chi connectivity index (χ0n) is 17.1. The van der Waals surface area contributed by atoms with Crippen molar-refractivity contribution >= 4 is 0 Å². The molecule has 0 aliphatic carbocycles. The van der Waals surface area contributed by atoms with Crippen LogP contribution in [0.1, 0.15) is 50.7 Å². The van der Waals surface area contributed by atoms with Crippen molar-refractivity contribution in [3.05, 3.63) is 59.4 Å². The Balaban J connectivity index is 1.84. The lowest BCUT2D eigenvalue weighted by atomic mass is 9.87. The van der Waals surface area contributed by atoms with Crippen LogP contribution < -0.4 is 15.2 Å². The molecule has 28 heavy (non-hydrogen) atoms. The van der Waals surface area contributed by atoms with Gasteiger partial charge in [0.15, 0.2) is 17.3 Å². The Kier molecular flexibility index (Phi) is 5.70. The van der Waals surface area contributed by atoms with Gasteiger partial charge in [0.2, 0.25) is 0 Å². The van der Waals surface area contributed by atoms with Crippen LogP contribution in [0, 0.1) is 0 Å². The monoisotopic (exact) mass is 380 g/mol. The third-order valence-electron chi connectivity index (χ3n) is 4.65. The second kappa shape index (κ2) is 8.02. The number of H-pyrrole nitrogens is 1. The van der Waals surface area contributed by atoms with E-state index in [-0.39, 0.29) is 5.41 Å². The summed E-state index contributed by atoms with van der Waals surface area (Å²) < 4.78 is 11.0. The van der Waals surface area contributed by atoms with Gasteiger partial charge in [-0.2, -0.15) is 5.10 Å². The van der Waals surface area contributed by atoms with Gasteiger partial charge in [-0.1, -0.05) is 51.1 Å². The molecule has 3 N–H and O–H groups in total. The highest BCUT2D eigenvalue weighted by atomic mass is 16.5. The van der Waals surface area contributed by atoms with Gasteiger partial charge in [-0.05, 0) is 35.6 Å². The fourth-order valence-electron chi connectivity index (χ4n) is 2.97. The third kappa shape index (κ3) is 4.17. The molecule has 1 aromatic heterocycles. The normalized spacial score (nSPS) is 12.6. The SMILES string of the molecule is CCOc1cc([C@@H](N)c2nc(-c3ccc(C(C)(C)C)cc3)n[nH]2)ccc1OC. The van der Waals surface area contributed by atoms with Crippen LogP contribution in [0.25, 0.3) is 11.4 Å². The molecule has 2 aromatic carbocycles. The first kappa shape index (κ1) is 19.9. The highest BCUT2D eigenvalue weighted by Crippen LogP contribution is 2.31. The Bertz CT molecular complexity index is 926. The number of benzene rings is 2. The molecule has 0 aliphatic rings. The minimum Gasteiger partial charge on any atom is -0.493 e. The maximum atomic E-state index is 6.42. The van der Waals surface area contributed by atoms with Gasteiger partial charge in [0.1, 0.15) is 5.82 Å². The lowest BCUT2D eigenvalue weighted by Gasteiger charge is -2.18. The molecule has 3 aromatic rings. The molecule has 0 saturated heterocycles. The van der Waals surface area contributed by atoms with Gasteiger partial charge in [-0.3, -0.25) is 5.10 Å². The molecule has 6 nitrogen and oxygen atoms in total. The number of hydrogen-bond acceptors (Lipinski definition) is 5. The van der Waals surface area contributed by atoms with Crippen LogP contribution in [0.4, 0.5) is 0 Å². The Morgan fingerprint density at radius 2 is 1.79 bits per heavy atom.